The minimum atomic E-state index is -1.01. The first kappa shape index (κ1) is 19.7. The number of ether oxygens (including phenoxy) is 1. The Morgan fingerprint density at radius 1 is 1.13 bits per heavy atom. The summed E-state index contributed by atoms with van der Waals surface area (Å²) in [5, 5.41) is 9.77. The lowest BCUT2D eigenvalue weighted by atomic mass is 10.1. The Hall–Kier alpha value is -3.58. The van der Waals surface area contributed by atoms with Gasteiger partial charge in [0.25, 0.3) is 0 Å². The monoisotopic (exact) mass is 422 g/mol. The zero-order valence-corrected chi connectivity index (χ0v) is 17.4. The number of nitrogens with one attached hydrogen (secondary N) is 1. The normalized spacial score (nSPS) is 10.9. The second kappa shape index (κ2) is 7.68. The number of aromatic nitrogens is 3. The lowest BCUT2D eigenvalue weighted by molar-refractivity contribution is 0.0695. The van der Waals surface area contributed by atoms with Crippen LogP contribution in [0.1, 0.15) is 15.9 Å². The van der Waals surface area contributed by atoms with Gasteiger partial charge in [-0.05, 0) is 42.8 Å². The standard InChI is InChI=1S/C22H19ClN4O3/c1-12-7-8-15(10-16(12)21(28)29)30-22-24-18-11-17(23)19(25-20(18)26-22)13-5-4-6-14(9-13)27(2)3/h4-11H,1-3H3,(H,28,29)(H,24,25,26). The molecule has 0 atom stereocenters. The van der Waals surface area contributed by atoms with Crippen LogP contribution in [0.5, 0.6) is 11.8 Å². The summed E-state index contributed by atoms with van der Waals surface area (Å²) in [5.41, 5.74) is 4.42. The van der Waals surface area contributed by atoms with Crippen molar-refractivity contribution < 1.29 is 14.6 Å². The molecule has 2 heterocycles. The first-order valence-electron chi connectivity index (χ1n) is 9.17. The van der Waals surface area contributed by atoms with Crippen molar-refractivity contribution in [2.24, 2.45) is 0 Å². The number of halogens is 1. The molecule has 0 radical (unpaired) electrons. The number of hydrogen-bond acceptors (Lipinski definition) is 5. The third-order valence-corrected chi connectivity index (χ3v) is 4.98. The number of fused-ring (bicyclic) bond motifs is 1. The van der Waals surface area contributed by atoms with Gasteiger partial charge in [-0.2, -0.15) is 4.98 Å². The molecule has 2 aromatic carbocycles. The average molecular weight is 423 g/mol. The Kier molecular flexibility index (Phi) is 5.05. The van der Waals surface area contributed by atoms with E-state index < -0.39 is 5.97 Å². The lowest BCUT2D eigenvalue weighted by Crippen LogP contribution is -2.08. The summed E-state index contributed by atoms with van der Waals surface area (Å²) in [6, 6.07) is 14.7. The second-order valence-corrected chi connectivity index (χ2v) is 7.47. The number of pyridine rings is 1. The Morgan fingerprint density at radius 3 is 2.67 bits per heavy atom. The predicted octanol–water partition coefficient (Wildman–Crippen LogP) is 5.14. The van der Waals surface area contributed by atoms with E-state index in [9.17, 15) is 9.90 Å². The Morgan fingerprint density at radius 2 is 1.93 bits per heavy atom. The van der Waals surface area contributed by atoms with E-state index in [1.807, 2.05) is 43.3 Å². The van der Waals surface area contributed by atoms with Crippen molar-refractivity contribution in [2.75, 3.05) is 19.0 Å². The van der Waals surface area contributed by atoms with Crippen LogP contribution in [0.4, 0.5) is 5.69 Å². The fourth-order valence-corrected chi connectivity index (χ4v) is 3.34. The van der Waals surface area contributed by atoms with Crippen LogP contribution in [0.3, 0.4) is 0 Å². The molecule has 0 saturated carbocycles. The number of rotatable bonds is 5. The highest BCUT2D eigenvalue weighted by atomic mass is 35.5. The molecule has 2 aromatic heterocycles. The molecule has 0 aliphatic carbocycles. The highest BCUT2D eigenvalue weighted by Crippen LogP contribution is 2.32. The number of aromatic amines is 1. The quantitative estimate of drug-likeness (QED) is 0.462. The molecule has 4 rings (SSSR count). The summed E-state index contributed by atoms with van der Waals surface area (Å²) < 4.78 is 5.73. The number of anilines is 1. The summed E-state index contributed by atoms with van der Waals surface area (Å²) in [6.07, 6.45) is 0. The van der Waals surface area contributed by atoms with Crippen LogP contribution in [-0.4, -0.2) is 40.1 Å². The summed E-state index contributed by atoms with van der Waals surface area (Å²) in [5.74, 6) is -0.650. The maximum absolute atomic E-state index is 11.3. The number of benzene rings is 2. The van der Waals surface area contributed by atoms with E-state index in [1.54, 1.807) is 25.1 Å². The molecular formula is C22H19ClN4O3. The minimum Gasteiger partial charge on any atom is -0.478 e. The van der Waals surface area contributed by atoms with Crippen LogP contribution in [-0.2, 0) is 0 Å². The molecule has 0 unspecified atom stereocenters. The number of aromatic carboxylic acids is 1. The van der Waals surface area contributed by atoms with E-state index in [0.29, 0.717) is 33.2 Å². The van der Waals surface area contributed by atoms with Crippen LogP contribution >= 0.6 is 11.6 Å². The van der Waals surface area contributed by atoms with E-state index in [1.165, 1.54) is 6.07 Å². The number of H-pyrrole nitrogens is 1. The summed E-state index contributed by atoms with van der Waals surface area (Å²) >= 11 is 6.48. The van der Waals surface area contributed by atoms with E-state index in [-0.39, 0.29) is 11.6 Å². The van der Waals surface area contributed by atoms with Crippen molar-refractivity contribution in [3.8, 4) is 23.0 Å². The van der Waals surface area contributed by atoms with Gasteiger partial charge in [-0.15, -0.1) is 0 Å². The fourth-order valence-electron chi connectivity index (χ4n) is 3.08. The third-order valence-electron chi connectivity index (χ3n) is 4.69. The maximum Gasteiger partial charge on any atom is 0.336 e. The number of carboxylic acid groups (broad SMARTS) is 1. The number of hydrogen-bond donors (Lipinski definition) is 2. The highest BCUT2D eigenvalue weighted by Gasteiger charge is 2.14. The van der Waals surface area contributed by atoms with E-state index in [0.717, 1.165) is 11.3 Å². The van der Waals surface area contributed by atoms with Gasteiger partial charge < -0.3 is 19.7 Å². The van der Waals surface area contributed by atoms with E-state index >= 15 is 0 Å². The molecule has 7 nitrogen and oxygen atoms in total. The predicted molar refractivity (Wildman–Crippen MR) is 117 cm³/mol. The summed E-state index contributed by atoms with van der Waals surface area (Å²) in [6.45, 7) is 1.73. The molecule has 0 amide bonds. The summed E-state index contributed by atoms with van der Waals surface area (Å²) in [4.78, 5) is 25.3. The van der Waals surface area contributed by atoms with Crippen molar-refractivity contribution in [1.82, 2.24) is 15.0 Å². The van der Waals surface area contributed by atoms with Crippen LogP contribution in [0.25, 0.3) is 22.4 Å². The van der Waals surface area contributed by atoms with Crippen LogP contribution < -0.4 is 9.64 Å². The molecule has 30 heavy (non-hydrogen) atoms. The number of nitrogens with zero attached hydrogens (tertiary/aromatic N) is 3. The molecule has 0 fully saturated rings. The van der Waals surface area contributed by atoms with Gasteiger partial charge in [0, 0.05) is 25.3 Å². The molecule has 2 N–H and O–H groups in total. The van der Waals surface area contributed by atoms with Gasteiger partial charge in [-0.1, -0.05) is 29.8 Å². The van der Waals surface area contributed by atoms with E-state index in [2.05, 4.69) is 15.0 Å². The highest BCUT2D eigenvalue weighted by molar-refractivity contribution is 6.33. The van der Waals surface area contributed by atoms with Gasteiger partial charge in [-0.25, -0.2) is 9.78 Å². The first-order valence-corrected chi connectivity index (χ1v) is 9.55. The SMILES string of the molecule is Cc1ccc(Oc2nc3nc(-c4cccc(N(C)C)c4)c(Cl)cc3[nH]2)cc1C(=O)O. The number of imidazole rings is 1. The molecule has 8 heteroatoms. The van der Waals surface area contributed by atoms with Crippen molar-refractivity contribution in [3.05, 3.63) is 64.7 Å². The number of aryl methyl sites for hydroxylation is 1. The summed E-state index contributed by atoms with van der Waals surface area (Å²) in [7, 11) is 3.94. The van der Waals surface area contributed by atoms with Crippen molar-refractivity contribution >= 4 is 34.4 Å². The molecule has 4 aromatic rings. The Balaban J connectivity index is 1.70. The van der Waals surface area contributed by atoms with Crippen molar-refractivity contribution in [3.63, 3.8) is 0 Å². The van der Waals surface area contributed by atoms with Crippen molar-refractivity contribution in [1.29, 1.82) is 0 Å². The van der Waals surface area contributed by atoms with Gasteiger partial charge in [0.05, 0.1) is 21.8 Å². The minimum absolute atomic E-state index is 0.174. The fraction of sp³-hybridized carbons (Fsp3) is 0.136. The van der Waals surface area contributed by atoms with Crippen LogP contribution in [0, 0.1) is 6.92 Å². The zero-order chi connectivity index (χ0) is 21.4. The largest absolute Gasteiger partial charge is 0.478 e. The third kappa shape index (κ3) is 3.79. The molecule has 0 aliphatic rings. The molecule has 0 bridgehead atoms. The molecule has 0 saturated heterocycles. The Bertz CT molecular complexity index is 1270. The van der Waals surface area contributed by atoms with Crippen LogP contribution in [0.15, 0.2) is 48.5 Å². The molecule has 0 aliphatic heterocycles. The average Bonchev–Trinajstić information content (AvgIpc) is 3.09. The van der Waals surface area contributed by atoms with E-state index in [4.69, 9.17) is 16.3 Å². The second-order valence-electron chi connectivity index (χ2n) is 7.06. The number of carbonyl (C=O) groups is 1. The van der Waals surface area contributed by atoms with Gasteiger partial charge in [0.2, 0.25) is 0 Å². The van der Waals surface area contributed by atoms with Gasteiger partial charge in [-0.3, -0.25) is 0 Å². The molecular weight excluding hydrogens is 404 g/mol. The Labute approximate surface area is 177 Å². The van der Waals surface area contributed by atoms with Gasteiger partial charge in [0.15, 0.2) is 5.65 Å². The maximum atomic E-state index is 11.3. The van der Waals surface area contributed by atoms with Gasteiger partial charge in [0.1, 0.15) is 5.75 Å². The molecule has 152 valence electrons. The van der Waals surface area contributed by atoms with Crippen LogP contribution in [0.2, 0.25) is 5.02 Å². The molecule has 0 spiro atoms. The van der Waals surface area contributed by atoms with Crippen molar-refractivity contribution in [2.45, 2.75) is 6.92 Å². The zero-order valence-electron chi connectivity index (χ0n) is 16.6. The number of carboxylic acids is 1. The lowest BCUT2D eigenvalue weighted by Gasteiger charge is -2.13. The topological polar surface area (TPSA) is 91.3 Å². The first-order chi connectivity index (χ1) is 14.3. The smallest absolute Gasteiger partial charge is 0.336 e. The van der Waals surface area contributed by atoms with Gasteiger partial charge >= 0.3 is 12.0 Å².